The van der Waals surface area contributed by atoms with Crippen molar-refractivity contribution in [3.8, 4) is 0 Å². The molecule has 0 aromatic heterocycles. The molecule has 1 fully saturated rings. The number of epoxide rings is 1. The Bertz CT molecular complexity index is 964. The number of fused-ring (bicyclic) bond motifs is 1. The van der Waals surface area contributed by atoms with E-state index >= 15 is 0 Å². The van der Waals surface area contributed by atoms with Gasteiger partial charge in [0.1, 0.15) is 18.8 Å². The number of hydrogen-bond donors (Lipinski definition) is 3. The maximum Gasteiger partial charge on any atom is 0.309 e. The van der Waals surface area contributed by atoms with E-state index in [-0.39, 0.29) is 18.0 Å². The van der Waals surface area contributed by atoms with Gasteiger partial charge in [0, 0.05) is 12.0 Å². The molecule has 1 aliphatic heterocycles. The highest BCUT2D eigenvalue weighted by Crippen LogP contribution is 2.48. The summed E-state index contributed by atoms with van der Waals surface area (Å²) >= 11 is 0. The van der Waals surface area contributed by atoms with Crippen LogP contribution in [-0.4, -0.2) is 63.1 Å². The first-order valence-corrected chi connectivity index (χ1v) is 12.4. The number of carbonyl (C=O) groups is 3. The summed E-state index contributed by atoms with van der Waals surface area (Å²) in [7, 11) is 0. The SMILES string of the molecule is CC(C)=CCCC(C)=CCCC(C)=CCC12OC1C(O)C(COC(=O)CC(C)(O)CC(=O)O)=CC2=O. The van der Waals surface area contributed by atoms with Crippen molar-refractivity contribution in [1.29, 1.82) is 0 Å². The number of aliphatic hydroxyl groups excluding tert-OH is 1. The zero-order valence-electron chi connectivity index (χ0n) is 22.0. The molecule has 4 unspecified atom stereocenters. The Morgan fingerprint density at radius 3 is 2.31 bits per heavy atom. The molecule has 4 atom stereocenters. The van der Waals surface area contributed by atoms with Crippen molar-refractivity contribution < 1.29 is 39.2 Å². The summed E-state index contributed by atoms with van der Waals surface area (Å²) < 4.78 is 10.7. The van der Waals surface area contributed by atoms with Gasteiger partial charge < -0.3 is 24.8 Å². The lowest BCUT2D eigenvalue weighted by atomic mass is 9.84. The molecule has 8 nitrogen and oxygen atoms in total. The highest BCUT2D eigenvalue weighted by atomic mass is 16.6. The van der Waals surface area contributed by atoms with Crippen LogP contribution in [0.15, 0.2) is 46.6 Å². The van der Waals surface area contributed by atoms with Gasteiger partial charge in [-0.05, 0) is 66.4 Å². The highest BCUT2D eigenvalue weighted by molar-refractivity contribution is 6.02. The average Bonchev–Trinajstić information content (AvgIpc) is 3.49. The number of ketones is 1. The topological polar surface area (TPSA) is 134 Å². The Morgan fingerprint density at radius 2 is 1.69 bits per heavy atom. The average molecular weight is 505 g/mol. The zero-order valence-corrected chi connectivity index (χ0v) is 22.0. The minimum absolute atomic E-state index is 0.221. The molecule has 1 aliphatic carbocycles. The molecule has 3 N–H and O–H groups in total. The van der Waals surface area contributed by atoms with Gasteiger partial charge >= 0.3 is 11.9 Å². The summed E-state index contributed by atoms with van der Waals surface area (Å²) in [6.45, 7) is 9.25. The number of carbonyl (C=O) groups excluding carboxylic acids is 2. The van der Waals surface area contributed by atoms with Crippen LogP contribution in [0.1, 0.15) is 79.6 Å². The van der Waals surface area contributed by atoms with E-state index < -0.39 is 48.2 Å². The number of ether oxygens (including phenoxy) is 2. The lowest BCUT2D eigenvalue weighted by Gasteiger charge is -2.22. The number of aliphatic carboxylic acids is 1. The minimum atomic E-state index is -1.75. The number of aliphatic hydroxyl groups is 2. The van der Waals surface area contributed by atoms with Gasteiger partial charge in [-0.2, -0.15) is 0 Å². The summed E-state index contributed by atoms with van der Waals surface area (Å²) in [4.78, 5) is 35.5. The molecular weight excluding hydrogens is 464 g/mol. The number of carboxylic acid groups (broad SMARTS) is 1. The van der Waals surface area contributed by atoms with Gasteiger partial charge in [0.15, 0.2) is 11.4 Å². The van der Waals surface area contributed by atoms with Gasteiger partial charge in [0.2, 0.25) is 0 Å². The van der Waals surface area contributed by atoms with Gasteiger partial charge in [-0.25, -0.2) is 0 Å². The van der Waals surface area contributed by atoms with E-state index in [1.165, 1.54) is 24.1 Å². The van der Waals surface area contributed by atoms with Crippen molar-refractivity contribution in [2.45, 2.75) is 103 Å². The standard InChI is InChI=1S/C28H40O8/c1-18(2)8-6-9-19(3)10-7-11-20(4)12-13-28-22(29)14-21(25(33)26(28)36-28)17-35-24(32)16-27(5,34)15-23(30)31/h8,10,12,14,25-26,33-34H,6-7,9,11,13,15-17H2,1-5H3,(H,30,31). The second kappa shape index (κ2) is 12.6. The van der Waals surface area contributed by atoms with Crippen LogP contribution in [0.4, 0.5) is 0 Å². The number of hydrogen-bond acceptors (Lipinski definition) is 7. The van der Waals surface area contributed by atoms with Crippen LogP contribution in [0.3, 0.4) is 0 Å². The predicted octanol–water partition coefficient (Wildman–Crippen LogP) is 3.96. The molecule has 1 saturated heterocycles. The van der Waals surface area contributed by atoms with Crippen molar-refractivity contribution in [3.63, 3.8) is 0 Å². The molecule has 0 spiro atoms. The molecule has 0 bridgehead atoms. The Hall–Kier alpha value is -2.55. The van der Waals surface area contributed by atoms with Gasteiger partial charge in [-0.15, -0.1) is 0 Å². The third kappa shape index (κ3) is 8.84. The second-order valence-electron chi connectivity index (χ2n) is 10.5. The lowest BCUT2D eigenvalue weighted by molar-refractivity contribution is -0.151. The van der Waals surface area contributed by atoms with Crippen molar-refractivity contribution in [2.24, 2.45) is 0 Å². The second-order valence-corrected chi connectivity index (χ2v) is 10.5. The fraction of sp³-hybridized carbons (Fsp3) is 0.607. The fourth-order valence-corrected chi connectivity index (χ4v) is 4.25. The summed E-state index contributed by atoms with van der Waals surface area (Å²) in [5.41, 5.74) is 1.23. The molecule has 0 radical (unpaired) electrons. The number of rotatable bonds is 14. The quantitative estimate of drug-likeness (QED) is 0.184. The van der Waals surface area contributed by atoms with Crippen molar-refractivity contribution >= 4 is 17.7 Å². The van der Waals surface area contributed by atoms with Crippen LogP contribution in [0.5, 0.6) is 0 Å². The molecule has 2 aliphatic rings. The van der Waals surface area contributed by atoms with E-state index in [1.54, 1.807) is 0 Å². The van der Waals surface area contributed by atoms with Crippen LogP contribution in [0, 0.1) is 0 Å². The molecule has 0 amide bonds. The van der Waals surface area contributed by atoms with Crippen LogP contribution in [0.25, 0.3) is 0 Å². The van der Waals surface area contributed by atoms with Gasteiger partial charge in [-0.1, -0.05) is 34.9 Å². The molecule has 200 valence electrons. The first-order valence-electron chi connectivity index (χ1n) is 12.4. The van der Waals surface area contributed by atoms with E-state index in [1.807, 2.05) is 13.0 Å². The minimum Gasteiger partial charge on any atom is -0.481 e. The number of allylic oxidation sites excluding steroid dienone is 5. The summed E-state index contributed by atoms with van der Waals surface area (Å²) in [6, 6.07) is 0. The van der Waals surface area contributed by atoms with E-state index in [0.29, 0.717) is 6.42 Å². The molecule has 0 aromatic carbocycles. The highest BCUT2D eigenvalue weighted by Gasteiger charge is 2.66. The van der Waals surface area contributed by atoms with Crippen molar-refractivity contribution in [1.82, 2.24) is 0 Å². The van der Waals surface area contributed by atoms with Crippen LogP contribution < -0.4 is 0 Å². The summed E-state index contributed by atoms with van der Waals surface area (Å²) in [5, 5.41) is 29.4. The lowest BCUT2D eigenvalue weighted by Crippen LogP contribution is -2.38. The van der Waals surface area contributed by atoms with Crippen LogP contribution in [0.2, 0.25) is 0 Å². The molecule has 1 heterocycles. The summed E-state index contributed by atoms with van der Waals surface area (Å²) in [5.74, 6) is -2.34. The zero-order chi connectivity index (χ0) is 27.1. The number of esters is 1. The van der Waals surface area contributed by atoms with Crippen molar-refractivity contribution in [2.75, 3.05) is 6.61 Å². The molecule has 36 heavy (non-hydrogen) atoms. The van der Waals surface area contributed by atoms with Gasteiger partial charge in [-0.3, -0.25) is 14.4 Å². The van der Waals surface area contributed by atoms with E-state index in [9.17, 15) is 24.6 Å². The maximum atomic E-state index is 12.8. The fourth-order valence-electron chi connectivity index (χ4n) is 4.25. The third-order valence-electron chi connectivity index (χ3n) is 6.47. The third-order valence-corrected chi connectivity index (χ3v) is 6.47. The van der Waals surface area contributed by atoms with E-state index in [4.69, 9.17) is 14.6 Å². The Kier molecular flexibility index (Phi) is 10.4. The first kappa shape index (κ1) is 29.7. The molecule has 0 saturated carbocycles. The van der Waals surface area contributed by atoms with Crippen molar-refractivity contribution in [3.05, 3.63) is 46.6 Å². The maximum absolute atomic E-state index is 12.8. The largest absolute Gasteiger partial charge is 0.481 e. The normalized spacial score (nSPS) is 25.4. The van der Waals surface area contributed by atoms with Crippen LogP contribution >= 0.6 is 0 Å². The van der Waals surface area contributed by atoms with Gasteiger partial charge in [0.25, 0.3) is 0 Å². The monoisotopic (exact) mass is 504 g/mol. The van der Waals surface area contributed by atoms with E-state index in [2.05, 4.69) is 32.9 Å². The molecule has 2 rings (SSSR count). The van der Waals surface area contributed by atoms with E-state index in [0.717, 1.165) is 31.3 Å². The van der Waals surface area contributed by atoms with Crippen LogP contribution in [-0.2, 0) is 23.9 Å². The molecular formula is C28H40O8. The Labute approximate surface area is 213 Å². The predicted molar refractivity (Wildman–Crippen MR) is 135 cm³/mol. The number of carboxylic acids is 1. The first-order chi connectivity index (χ1) is 16.8. The smallest absolute Gasteiger partial charge is 0.309 e. The Balaban J connectivity index is 1.85. The van der Waals surface area contributed by atoms with Gasteiger partial charge in [0.05, 0.1) is 18.4 Å². The Morgan fingerprint density at radius 1 is 1.08 bits per heavy atom. The molecule has 0 aromatic rings. The molecule has 8 heteroatoms. The summed E-state index contributed by atoms with van der Waals surface area (Å²) in [6.07, 6.45) is 9.08.